The monoisotopic (exact) mass is 522 g/mol. The van der Waals surface area contributed by atoms with Gasteiger partial charge in [-0.15, -0.1) is 0 Å². The maximum atomic E-state index is 14.2. The summed E-state index contributed by atoms with van der Waals surface area (Å²) in [6.07, 6.45) is 6.74. The third-order valence-electron chi connectivity index (χ3n) is 8.98. The van der Waals surface area contributed by atoms with Crippen molar-refractivity contribution < 1.29 is 28.2 Å². The summed E-state index contributed by atoms with van der Waals surface area (Å²) in [5.41, 5.74) is 0.630. The second-order valence-corrected chi connectivity index (χ2v) is 11.9. The van der Waals surface area contributed by atoms with Crippen molar-refractivity contribution in [1.29, 1.82) is 0 Å². The summed E-state index contributed by atoms with van der Waals surface area (Å²) < 4.78 is 22.2. The molecular formula is C30H38N2O6. The summed E-state index contributed by atoms with van der Waals surface area (Å²) in [5.74, 6) is 4.94. The number of furan rings is 1. The fraction of sp³-hybridized carbons (Fsp3) is 0.600. The molecule has 0 unspecified atom stereocenters. The van der Waals surface area contributed by atoms with Gasteiger partial charge in [0.2, 0.25) is 18.6 Å². The van der Waals surface area contributed by atoms with E-state index in [4.69, 9.17) is 18.6 Å². The van der Waals surface area contributed by atoms with Crippen LogP contribution in [0.3, 0.4) is 0 Å². The van der Waals surface area contributed by atoms with Gasteiger partial charge in [-0.3, -0.25) is 9.59 Å². The van der Waals surface area contributed by atoms with Gasteiger partial charge in [0.25, 0.3) is 0 Å². The third kappa shape index (κ3) is 5.03. The summed E-state index contributed by atoms with van der Waals surface area (Å²) >= 11 is 0. The molecule has 8 heteroatoms. The Morgan fingerprint density at radius 1 is 0.947 bits per heavy atom. The Morgan fingerprint density at radius 3 is 2.32 bits per heavy atom. The molecule has 4 fully saturated rings. The van der Waals surface area contributed by atoms with Crippen molar-refractivity contribution >= 4 is 11.8 Å². The number of amides is 2. The van der Waals surface area contributed by atoms with Crippen molar-refractivity contribution in [3.8, 4) is 11.5 Å². The van der Waals surface area contributed by atoms with Crippen LogP contribution in [0.2, 0.25) is 0 Å². The van der Waals surface area contributed by atoms with Crippen molar-refractivity contribution in [3.63, 3.8) is 0 Å². The van der Waals surface area contributed by atoms with Gasteiger partial charge in [-0.1, -0.05) is 6.07 Å². The second-order valence-electron chi connectivity index (χ2n) is 11.9. The molecular weight excluding hydrogens is 484 g/mol. The van der Waals surface area contributed by atoms with E-state index in [-0.39, 0.29) is 30.6 Å². The van der Waals surface area contributed by atoms with Crippen LogP contribution in [0.25, 0.3) is 0 Å². The van der Waals surface area contributed by atoms with Crippen LogP contribution in [-0.4, -0.2) is 55.2 Å². The molecule has 1 aromatic heterocycles. The van der Waals surface area contributed by atoms with Crippen LogP contribution >= 0.6 is 0 Å². The van der Waals surface area contributed by atoms with E-state index in [2.05, 4.69) is 0 Å². The molecule has 5 aliphatic rings. The van der Waals surface area contributed by atoms with Gasteiger partial charge in [-0.2, -0.15) is 0 Å². The lowest BCUT2D eigenvalue weighted by Gasteiger charge is -2.56. The van der Waals surface area contributed by atoms with Crippen molar-refractivity contribution in [3.05, 3.63) is 47.4 Å². The molecule has 2 amide bonds. The van der Waals surface area contributed by atoms with Crippen LogP contribution in [0, 0.1) is 30.1 Å². The molecule has 0 N–H and O–H groups in total. The van der Waals surface area contributed by atoms with Crippen LogP contribution in [0.5, 0.6) is 11.5 Å². The fourth-order valence-corrected chi connectivity index (χ4v) is 7.68. The minimum Gasteiger partial charge on any atom is -0.464 e. The van der Waals surface area contributed by atoms with Crippen LogP contribution in [0.15, 0.2) is 34.7 Å². The first-order chi connectivity index (χ1) is 18.4. The summed E-state index contributed by atoms with van der Waals surface area (Å²) in [6, 6.07) is 9.54. The normalized spacial score (nSPS) is 26.5. The van der Waals surface area contributed by atoms with Crippen LogP contribution in [0.4, 0.5) is 0 Å². The molecule has 8 nitrogen and oxygen atoms in total. The molecule has 2 aromatic rings. The second kappa shape index (κ2) is 10.3. The van der Waals surface area contributed by atoms with Gasteiger partial charge in [-0.25, -0.2) is 0 Å². The van der Waals surface area contributed by atoms with E-state index < -0.39 is 0 Å². The maximum absolute atomic E-state index is 14.2. The van der Waals surface area contributed by atoms with Gasteiger partial charge in [0.05, 0.1) is 25.1 Å². The first-order valence-electron chi connectivity index (χ1n) is 13.9. The number of hydrogen-bond donors (Lipinski definition) is 0. The van der Waals surface area contributed by atoms with Gasteiger partial charge >= 0.3 is 0 Å². The number of methoxy groups -OCH3 is 1. The Bertz CT molecular complexity index is 1150. The number of aryl methyl sites for hydroxylation is 1. The highest BCUT2D eigenvalue weighted by molar-refractivity contribution is 5.88. The van der Waals surface area contributed by atoms with Crippen molar-refractivity contribution in [1.82, 2.24) is 9.80 Å². The first-order valence-corrected chi connectivity index (χ1v) is 13.9. The van der Waals surface area contributed by atoms with Crippen LogP contribution in [0.1, 0.15) is 55.6 Å². The summed E-state index contributed by atoms with van der Waals surface area (Å²) in [7, 11) is 1.64. The molecule has 0 saturated heterocycles. The molecule has 1 aromatic carbocycles. The molecule has 204 valence electrons. The molecule has 0 spiro atoms. The standard InChI is InChI=1S/C30H38N2O6/c1-20-3-5-25(38-20)17-32(16-21-4-6-26-27(12-21)37-19-36-26)28(33)18-31(7-8-35-2)29(34)30-13-22-9-23(14-30)11-24(10-22)15-30/h3-6,12,22-24H,7-11,13-19H2,1-2H3. The number of ether oxygens (including phenoxy) is 3. The molecule has 38 heavy (non-hydrogen) atoms. The highest BCUT2D eigenvalue weighted by atomic mass is 16.7. The van der Waals surface area contributed by atoms with Crippen LogP contribution in [-0.2, 0) is 27.4 Å². The largest absolute Gasteiger partial charge is 0.464 e. The minimum absolute atomic E-state index is 0.0359. The first kappa shape index (κ1) is 25.3. The smallest absolute Gasteiger partial charge is 0.242 e. The topological polar surface area (TPSA) is 81.5 Å². The number of fused-ring (bicyclic) bond motifs is 1. The average molecular weight is 523 g/mol. The molecule has 4 bridgehead atoms. The van der Waals surface area contributed by atoms with Gasteiger partial charge < -0.3 is 28.4 Å². The lowest BCUT2D eigenvalue weighted by atomic mass is 9.49. The zero-order valence-corrected chi connectivity index (χ0v) is 22.4. The third-order valence-corrected chi connectivity index (χ3v) is 8.98. The number of carbonyl (C=O) groups excluding carboxylic acids is 2. The Balaban J connectivity index is 1.22. The van der Waals surface area contributed by atoms with Crippen molar-refractivity contribution in [2.24, 2.45) is 23.2 Å². The number of benzene rings is 1. The minimum atomic E-state index is -0.303. The Labute approximate surface area is 224 Å². The zero-order valence-electron chi connectivity index (χ0n) is 22.4. The van der Waals surface area contributed by atoms with E-state index in [1.54, 1.807) is 16.9 Å². The fourth-order valence-electron chi connectivity index (χ4n) is 7.68. The number of hydrogen-bond acceptors (Lipinski definition) is 6. The van der Waals surface area contributed by atoms with Gasteiger partial charge in [0.1, 0.15) is 11.5 Å². The van der Waals surface area contributed by atoms with Gasteiger partial charge in [-0.05, 0) is 93.0 Å². The molecule has 2 heterocycles. The van der Waals surface area contributed by atoms with E-state index in [0.29, 0.717) is 61.3 Å². The Kier molecular flexibility index (Phi) is 6.84. The zero-order chi connectivity index (χ0) is 26.3. The molecule has 0 atom stereocenters. The number of carbonyl (C=O) groups is 2. The SMILES string of the molecule is COCCN(CC(=O)N(Cc1ccc2c(c1)OCO2)Cc1ccc(C)o1)C(=O)C12CC3CC(CC(C3)C1)C2. The number of nitrogens with zero attached hydrogens (tertiary/aromatic N) is 2. The van der Waals surface area contributed by atoms with Crippen molar-refractivity contribution in [2.45, 2.75) is 58.5 Å². The molecule has 4 saturated carbocycles. The van der Waals surface area contributed by atoms with Gasteiger partial charge in [0.15, 0.2) is 11.5 Å². The predicted molar refractivity (Wildman–Crippen MR) is 139 cm³/mol. The molecule has 1 aliphatic heterocycles. The highest BCUT2D eigenvalue weighted by Gasteiger charge is 2.55. The van der Waals surface area contributed by atoms with E-state index in [9.17, 15) is 9.59 Å². The average Bonchev–Trinajstić information content (AvgIpc) is 3.53. The van der Waals surface area contributed by atoms with E-state index in [1.165, 1.54) is 19.3 Å². The predicted octanol–water partition coefficient (Wildman–Crippen LogP) is 4.54. The Morgan fingerprint density at radius 2 is 1.66 bits per heavy atom. The molecule has 0 radical (unpaired) electrons. The summed E-state index contributed by atoms with van der Waals surface area (Å²) in [6.45, 7) is 3.65. The quantitative estimate of drug-likeness (QED) is 0.456. The van der Waals surface area contributed by atoms with E-state index >= 15 is 0 Å². The maximum Gasteiger partial charge on any atom is 0.242 e. The Hall–Kier alpha value is -3.00. The van der Waals surface area contributed by atoms with Crippen molar-refractivity contribution in [2.75, 3.05) is 33.6 Å². The van der Waals surface area contributed by atoms with E-state index in [0.717, 1.165) is 30.6 Å². The summed E-state index contributed by atoms with van der Waals surface area (Å²) in [5, 5.41) is 0. The van der Waals surface area contributed by atoms with E-state index in [1.807, 2.05) is 37.3 Å². The molecule has 4 aliphatic carbocycles. The van der Waals surface area contributed by atoms with Crippen LogP contribution < -0.4 is 9.47 Å². The lowest BCUT2D eigenvalue weighted by Crippen LogP contribution is -2.56. The van der Waals surface area contributed by atoms with Gasteiger partial charge in [0, 0.05) is 20.2 Å². The number of rotatable bonds is 10. The summed E-state index contributed by atoms with van der Waals surface area (Å²) in [4.78, 5) is 31.6. The molecule has 7 rings (SSSR count). The highest BCUT2D eigenvalue weighted by Crippen LogP contribution is 2.60. The lowest BCUT2D eigenvalue weighted by molar-refractivity contribution is -0.161.